The molecule has 1 aromatic carbocycles. The number of hydrogen-bond acceptors (Lipinski definition) is 2. The molecule has 5 heteroatoms. The molecule has 0 bridgehead atoms. The Labute approximate surface area is 111 Å². The summed E-state index contributed by atoms with van der Waals surface area (Å²) in [5, 5.41) is 0.687. The molecule has 0 aliphatic carbocycles. The molecular formula is C13H16ClN3O. The van der Waals surface area contributed by atoms with Crippen molar-refractivity contribution in [2.24, 2.45) is 7.05 Å². The predicted octanol–water partition coefficient (Wildman–Crippen LogP) is 2.03. The molecular weight excluding hydrogens is 250 g/mol. The van der Waals surface area contributed by atoms with Crippen LogP contribution in [-0.4, -0.2) is 9.36 Å². The highest BCUT2D eigenvalue weighted by Crippen LogP contribution is 2.12. The molecule has 1 heterocycles. The summed E-state index contributed by atoms with van der Waals surface area (Å²) in [6.07, 6.45) is 0.741. The maximum absolute atomic E-state index is 12.0. The van der Waals surface area contributed by atoms with Crippen LogP contribution in [0, 0.1) is 0 Å². The van der Waals surface area contributed by atoms with Crippen molar-refractivity contribution >= 4 is 17.3 Å². The van der Waals surface area contributed by atoms with Gasteiger partial charge in [-0.15, -0.1) is 0 Å². The molecule has 0 amide bonds. The zero-order valence-corrected chi connectivity index (χ0v) is 11.2. The first-order valence-electron chi connectivity index (χ1n) is 5.83. The number of rotatable bonds is 3. The predicted molar refractivity (Wildman–Crippen MR) is 74.0 cm³/mol. The van der Waals surface area contributed by atoms with E-state index in [0.717, 1.165) is 17.7 Å². The molecule has 2 rings (SSSR count). The molecule has 0 saturated heterocycles. The summed E-state index contributed by atoms with van der Waals surface area (Å²) in [7, 11) is 1.85. The fraction of sp³-hybridized carbons (Fsp3) is 0.308. The van der Waals surface area contributed by atoms with Gasteiger partial charge in [0, 0.05) is 12.1 Å². The van der Waals surface area contributed by atoms with Gasteiger partial charge in [-0.05, 0) is 24.1 Å². The minimum atomic E-state index is -0.135. The van der Waals surface area contributed by atoms with Gasteiger partial charge in [-0.1, -0.05) is 30.7 Å². The Balaban J connectivity index is 2.41. The Bertz CT molecular complexity index is 610. The molecule has 0 saturated carbocycles. The number of nitrogens with zero attached hydrogens (tertiary/aromatic N) is 2. The van der Waals surface area contributed by atoms with Gasteiger partial charge >= 0.3 is 0 Å². The third-order valence-corrected chi connectivity index (χ3v) is 3.36. The minimum Gasteiger partial charge on any atom is -0.393 e. The van der Waals surface area contributed by atoms with Crippen molar-refractivity contribution in [3.05, 3.63) is 50.9 Å². The van der Waals surface area contributed by atoms with E-state index in [1.165, 1.54) is 0 Å². The van der Waals surface area contributed by atoms with E-state index < -0.39 is 0 Å². The van der Waals surface area contributed by atoms with Crippen LogP contribution in [-0.2, 0) is 20.0 Å². The van der Waals surface area contributed by atoms with Gasteiger partial charge in [-0.2, -0.15) is 0 Å². The number of nitrogen functional groups attached to an aromatic ring is 1. The van der Waals surface area contributed by atoms with Crippen LogP contribution in [0.3, 0.4) is 0 Å². The Morgan fingerprint density at radius 2 is 1.89 bits per heavy atom. The van der Waals surface area contributed by atoms with Gasteiger partial charge < -0.3 is 5.73 Å². The molecule has 2 aromatic rings. The molecule has 1 aromatic heterocycles. The molecule has 0 atom stereocenters. The highest BCUT2D eigenvalue weighted by Gasteiger charge is 2.13. The van der Waals surface area contributed by atoms with Crippen LogP contribution in [0.4, 0.5) is 5.69 Å². The lowest BCUT2D eigenvalue weighted by atomic mass is 10.2. The second kappa shape index (κ2) is 4.90. The standard InChI is InChI=1S/C13H16ClN3O/c1-3-11-12(15)13(18)17(16(11)2)8-9-4-6-10(14)7-5-9/h4-7H,3,8,15H2,1-2H3. The van der Waals surface area contributed by atoms with E-state index in [1.807, 2.05) is 42.9 Å². The molecule has 0 aliphatic rings. The van der Waals surface area contributed by atoms with Crippen LogP contribution < -0.4 is 11.3 Å². The fourth-order valence-electron chi connectivity index (χ4n) is 2.08. The molecule has 0 spiro atoms. The SMILES string of the molecule is CCc1c(N)c(=O)n(Cc2ccc(Cl)cc2)n1C. The van der Waals surface area contributed by atoms with E-state index >= 15 is 0 Å². The first-order valence-corrected chi connectivity index (χ1v) is 6.21. The van der Waals surface area contributed by atoms with Crippen molar-refractivity contribution < 1.29 is 0 Å². The fourth-order valence-corrected chi connectivity index (χ4v) is 2.20. The van der Waals surface area contributed by atoms with Crippen LogP contribution in [0.5, 0.6) is 0 Å². The summed E-state index contributed by atoms with van der Waals surface area (Å²) in [6, 6.07) is 7.44. The monoisotopic (exact) mass is 265 g/mol. The van der Waals surface area contributed by atoms with E-state index in [1.54, 1.807) is 4.68 Å². The van der Waals surface area contributed by atoms with E-state index in [0.29, 0.717) is 17.3 Å². The van der Waals surface area contributed by atoms with Crippen LogP contribution in [0.2, 0.25) is 5.02 Å². The van der Waals surface area contributed by atoms with Crippen molar-refractivity contribution in [3.63, 3.8) is 0 Å². The largest absolute Gasteiger partial charge is 0.393 e. The zero-order chi connectivity index (χ0) is 13.3. The minimum absolute atomic E-state index is 0.135. The molecule has 4 nitrogen and oxygen atoms in total. The normalized spacial score (nSPS) is 10.8. The van der Waals surface area contributed by atoms with Crippen molar-refractivity contribution in [1.29, 1.82) is 0 Å². The van der Waals surface area contributed by atoms with Crippen molar-refractivity contribution in [2.75, 3.05) is 5.73 Å². The molecule has 0 radical (unpaired) electrons. The van der Waals surface area contributed by atoms with Crippen molar-refractivity contribution in [2.45, 2.75) is 19.9 Å². The van der Waals surface area contributed by atoms with E-state index in [2.05, 4.69) is 0 Å². The van der Waals surface area contributed by atoms with Crippen molar-refractivity contribution in [1.82, 2.24) is 9.36 Å². The summed E-state index contributed by atoms with van der Waals surface area (Å²) >= 11 is 5.84. The van der Waals surface area contributed by atoms with Gasteiger partial charge in [-0.3, -0.25) is 9.48 Å². The molecule has 0 fully saturated rings. The lowest BCUT2D eigenvalue weighted by molar-refractivity contribution is 0.520. The first-order chi connectivity index (χ1) is 8.54. The summed E-state index contributed by atoms with van der Waals surface area (Å²) in [5.74, 6) is 0. The lowest BCUT2D eigenvalue weighted by Gasteiger charge is -2.09. The maximum atomic E-state index is 12.0. The van der Waals surface area contributed by atoms with Crippen LogP contribution in [0.15, 0.2) is 29.1 Å². The van der Waals surface area contributed by atoms with Crippen molar-refractivity contribution in [3.8, 4) is 0 Å². The highest BCUT2D eigenvalue weighted by molar-refractivity contribution is 6.30. The maximum Gasteiger partial charge on any atom is 0.290 e. The van der Waals surface area contributed by atoms with E-state index in [9.17, 15) is 4.79 Å². The smallest absolute Gasteiger partial charge is 0.290 e. The molecule has 0 unspecified atom stereocenters. The molecule has 96 valence electrons. The molecule has 2 N–H and O–H groups in total. The van der Waals surface area contributed by atoms with E-state index in [4.69, 9.17) is 17.3 Å². The summed E-state index contributed by atoms with van der Waals surface area (Å²) in [6.45, 7) is 2.48. The Hall–Kier alpha value is -1.68. The Morgan fingerprint density at radius 1 is 1.28 bits per heavy atom. The van der Waals surface area contributed by atoms with Gasteiger partial charge in [0.1, 0.15) is 5.69 Å². The number of aromatic nitrogens is 2. The second-order valence-electron chi connectivity index (χ2n) is 4.23. The van der Waals surface area contributed by atoms with Crippen LogP contribution in [0.1, 0.15) is 18.2 Å². The van der Waals surface area contributed by atoms with Gasteiger partial charge in [0.2, 0.25) is 0 Å². The van der Waals surface area contributed by atoms with Crippen LogP contribution in [0.25, 0.3) is 0 Å². The van der Waals surface area contributed by atoms with Crippen LogP contribution >= 0.6 is 11.6 Å². The number of anilines is 1. The number of halogens is 1. The third-order valence-electron chi connectivity index (χ3n) is 3.11. The summed E-state index contributed by atoms with van der Waals surface area (Å²) < 4.78 is 3.46. The Morgan fingerprint density at radius 3 is 2.39 bits per heavy atom. The third kappa shape index (κ3) is 2.16. The van der Waals surface area contributed by atoms with E-state index in [-0.39, 0.29) is 5.56 Å². The van der Waals surface area contributed by atoms with Gasteiger partial charge in [0.15, 0.2) is 0 Å². The first kappa shape index (κ1) is 12.8. The molecule has 18 heavy (non-hydrogen) atoms. The highest BCUT2D eigenvalue weighted by atomic mass is 35.5. The second-order valence-corrected chi connectivity index (χ2v) is 4.66. The summed E-state index contributed by atoms with van der Waals surface area (Å²) in [4.78, 5) is 12.0. The average molecular weight is 266 g/mol. The van der Waals surface area contributed by atoms with Gasteiger partial charge in [-0.25, -0.2) is 4.68 Å². The van der Waals surface area contributed by atoms with Gasteiger partial charge in [0.05, 0.1) is 12.2 Å². The Kier molecular flexibility index (Phi) is 3.48. The number of hydrogen-bond donors (Lipinski definition) is 1. The average Bonchev–Trinajstić information content (AvgIpc) is 2.56. The summed E-state index contributed by atoms with van der Waals surface area (Å²) in [5.41, 5.74) is 7.91. The number of benzene rings is 1. The zero-order valence-electron chi connectivity index (χ0n) is 10.5. The number of nitrogens with two attached hydrogens (primary N) is 1. The topological polar surface area (TPSA) is 53.0 Å². The molecule has 0 aliphatic heterocycles. The van der Waals surface area contributed by atoms with Gasteiger partial charge in [0.25, 0.3) is 5.56 Å². The quantitative estimate of drug-likeness (QED) is 0.923. The lowest BCUT2D eigenvalue weighted by Crippen LogP contribution is -2.23.